The Morgan fingerprint density at radius 1 is 1.12 bits per heavy atom. The van der Waals surface area contributed by atoms with Crippen molar-refractivity contribution in [2.24, 2.45) is 5.41 Å². The second kappa shape index (κ2) is 14.5. The number of nitrogens with zero attached hydrogens (tertiary/aromatic N) is 5. The number of hydrogen-bond acceptors (Lipinski definition) is 9. The predicted molar refractivity (Wildman–Crippen MR) is 183 cm³/mol. The average Bonchev–Trinajstić information content (AvgIpc) is 3.06. The van der Waals surface area contributed by atoms with Crippen molar-refractivity contribution >= 4 is 27.4 Å². The highest BCUT2D eigenvalue weighted by molar-refractivity contribution is 7.90. The van der Waals surface area contributed by atoms with Crippen molar-refractivity contribution in [1.82, 2.24) is 19.6 Å². The summed E-state index contributed by atoms with van der Waals surface area (Å²) < 4.78 is 54.8. The number of nitrogens with one attached hydrogen (secondary N) is 1. The van der Waals surface area contributed by atoms with Crippen LogP contribution in [0.3, 0.4) is 0 Å². The van der Waals surface area contributed by atoms with Gasteiger partial charge in [0.05, 0.1) is 29.7 Å². The monoisotopic (exact) mass is 680 g/mol. The molecule has 11 nitrogen and oxygen atoms in total. The Kier molecular flexibility index (Phi) is 10.3. The van der Waals surface area contributed by atoms with Gasteiger partial charge < -0.3 is 24.2 Å². The van der Waals surface area contributed by atoms with E-state index in [4.69, 9.17) is 9.47 Å². The number of likely N-dealkylation sites (tertiary alicyclic amines) is 1. The van der Waals surface area contributed by atoms with Gasteiger partial charge in [0.1, 0.15) is 6.33 Å². The summed E-state index contributed by atoms with van der Waals surface area (Å²) in [5, 5.41) is -0.482. The largest absolute Gasteiger partial charge is 0.448 e. The first kappa shape index (κ1) is 34.2. The highest BCUT2D eigenvalue weighted by atomic mass is 32.2. The molecule has 1 N–H and O–H groups in total. The van der Waals surface area contributed by atoms with E-state index in [2.05, 4.69) is 24.5 Å². The van der Waals surface area contributed by atoms with Gasteiger partial charge in [0.25, 0.3) is 5.91 Å². The molecular weight excluding hydrogens is 635 g/mol. The molecule has 1 aromatic heterocycles. The van der Waals surface area contributed by atoms with Crippen LogP contribution in [0.2, 0.25) is 0 Å². The van der Waals surface area contributed by atoms with Crippen LogP contribution in [-0.4, -0.2) is 92.5 Å². The van der Waals surface area contributed by atoms with Crippen LogP contribution in [0.15, 0.2) is 61.1 Å². The Morgan fingerprint density at radius 3 is 2.54 bits per heavy atom. The van der Waals surface area contributed by atoms with E-state index in [1.54, 1.807) is 17.9 Å². The van der Waals surface area contributed by atoms with E-state index >= 15 is 4.39 Å². The molecule has 6 rings (SSSR count). The van der Waals surface area contributed by atoms with Crippen LogP contribution >= 0.6 is 0 Å². The molecule has 3 aromatic rings. The molecule has 0 aliphatic carbocycles. The van der Waals surface area contributed by atoms with Crippen LogP contribution in [0.4, 0.5) is 15.9 Å². The minimum absolute atomic E-state index is 0.0428. The normalized spacial score (nSPS) is 21.2. The predicted octanol–water partition coefficient (Wildman–Crippen LogP) is 4.85. The van der Waals surface area contributed by atoms with Crippen molar-refractivity contribution in [1.29, 1.82) is 0 Å². The molecule has 3 saturated heterocycles. The third-order valence-electron chi connectivity index (χ3n) is 9.68. The smallest absolute Gasteiger partial charge is 0.262 e. The van der Waals surface area contributed by atoms with Crippen LogP contribution in [0.1, 0.15) is 56.8 Å². The fourth-order valence-electron chi connectivity index (χ4n) is 7.10. The van der Waals surface area contributed by atoms with Gasteiger partial charge in [0.2, 0.25) is 10.0 Å². The molecule has 2 aromatic carbocycles. The zero-order valence-electron chi connectivity index (χ0n) is 27.8. The second-order valence-electron chi connectivity index (χ2n) is 13.4. The number of hydrogen-bond donors (Lipinski definition) is 1. The van der Waals surface area contributed by atoms with Gasteiger partial charge in [-0.15, -0.1) is 0 Å². The van der Waals surface area contributed by atoms with E-state index in [0.29, 0.717) is 30.2 Å². The molecule has 3 fully saturated rings. The molecule has 258 valence electrons. The number of piperidine rings is 1. The summed E-state index contributed by atoms with van der Waals surface area (Å²) in [5.41, 5.74) is 0.971. The van der Waals surface area contributed by atoms with Gasteiger partial charge in [-0.2, -0.15) is 0 Å². The number of anilines is 2. The molecular formula is C35H45FN6O5S. The SMILES string of the molecule is CCNS(=O)(=O)[C@@H]1CC[C@@H](CN2CCC3(CC2)CN(c2ncncc2Oc2c(F)cccc2C(=O)N(c2ccccc2)C(C)C)C3)OC1. The topological polar surface area (TPSA) is 117 Å². The summed E-state index contributed by atoms with van der Waals surface area (Å²) in [6, 6.07) is 13.5. The van der Waals surface area contributed by atoms with Gasteiger partial charge in [0.15, 0.2) is 23.1 Å². The Hall–Kier alpha value is -3.65. The fourth-order valence-corrected chi connectivity index (χ4v) is 8.44. The van der Waals surface area contributed by atoms with Crippen LogP contribution in [-0.2, 0) is 14.8 Å². The minimum atomic E-state index is -3.32. The molecule has 0 radical (unpaired) electrons. The average molecular weight is 681 g/mol. The third kappa shape index (κ3) is 7.34. The van der Waals surface area contributed by atoms with Gasteiger partial charge in [-0.1, -0.05) is 31.2 Å². The summed E-state index contributed by atoms with van der Waals surface area (Å²) in [6.45, 7) is 10.5. The summed E-state index contributed by atoms with van der Waals surface area (Å²) in [4.78, 5) is 28.7. The quantitative estimate of drug-likeness (QED) is 0.303. The summed E-state index contributed by atoms with van der Waals surface area (Å²) in [7, 11) is -3.32. The molecule has 0 unspecified atom stereocenters. The zero-order valence-corrected chi connectivity index (χ0v) is 28.7. The Balaban J connectivity index is 1.08. The standard InChI is InChI=1S/C35H45FN6O5S/c1-4-39-48(44,45)28-14-13-27(46-21-28)20-40-17-15-35(16-18-40)22-41(23-35)33-31(19-37-24-38-33)47-32-29(11-8-12-30(32)36)34(43)42(25(2)3)26-9-6-5-7-10-26/h5-12,19,24-25,27-28,39H,4,13-18,20-23H2,1-3H3/t27-,28+/m0/s1. The van der Waals surface area contributed by atoms with E-state index in [1.165, 1.54) is 24.7 Å². The van der Waals surface area contributed by atoms with Crippen LogP contribution < -0.4 is 19.3 Å². The maximum absolute atomic E-state index is 15.4. The van der Waals surface area contributed by atoms with Crippen LogP contribution in [0, 0.1) is 11.2 Å². The van der Waals surface area contributed by atoms with Gasteiger partial charge in [-0.05, 0) is 76.9 Å². The van der Waals surface area contributed by atoms with E-state index in [9.17, 15) is 13.2 Å². The Morgan fingerprint density at radius 2 is 1.88 bits per heavy atom. The van der Waals surface area contributed by atoms with Crippen molar-refractivity contribution < 1.29 is 27.1 Å². The number of benzene rings is 2. The van der Waals surface area contributed by atoms with Crippen molar-refractivity contribution in [2.75, 3.05) is 55.7 Å². The van der Waals surface area contributed by atoms with E-state index in [0.717, 1.165) is 52.0 Å². The van der Waals surface area contributed by atoms with Crippen molar-refractivity contribution in [3.8, 4) is 11.5 Å². The third-order valence-corrected chi connectivity index (χ3v) is 11.6. The van der Waals surface area contributed by atoms with Crippen molar-refractivity contribution in [2.45, 2.75) is 63.9 Å². The number of halogens is 1. The number of rotatable bonds is 11. The number of ether oxygens (including phenoxy) is 2. The second-order valence-corrected chi connectivity index (χ2v) is 15.4. The highest BCUT2D eigenvalue weighted by Gasteiger charge is 2.46. The molecule has 3 aliphatic heterocycles. The summed E-state index contributed by atoms with van der Waals surface area (Å²) in [5.74, 6) is -0.295. The Bertz CT molecular complexity index is 1670. The first-order chi connectivity index (χ1) is 23.1. The summed E-state index contributed by atoms with van der Waals surface area (Å²) >= 11 is 0. The maximum Gasteiger partial charge on any atom is 0.262 e. The molecule has 4 heterocycles. The van der Waals surface area contributed by atoms with Gasteiger partial charge in [0, 0.05) is 43.3 Å². The molecule has 1 spiro atoms. The van der Waals surface area contributed by atoms with Gasteiger partial charge >= 0.3 is 0 Å². The molecule has 48 heavy (non-hydrogen) atoms. The van der Waals surface area contributed by atoms with Gasteiger partial charge in [-0.25, -0.2) is 27.5 Å². The van der Waals surface area contributed by atoms with Crippen molar-refractivity contribution in [3.05, 3.63) is 72.4 Å². The Labute approximate surface area is 282 Å². The molecule has 13 heteroatoms. The zero-order chi connectivity index (χ0) is 33.9. The molecule has 0 bridgehead atoms. The maximum atomic E-state index is 15.4. The van der Waals surface area contributed by atoms with Gasteiger partial charge in [-0.3, -0.25) is 4.79 Å². The fraction of sp³-hybridized carbons (Fsp3) is 0.514. The number of carbonyl (C=O) groups excluding carboxylic acids is 1. The molecule has 0 saturated carbocycles. The number of carbonyl (C=O) groups is 1. The number of para-hydroxylation sites is 2. The van der Waals surface area contributed by atoms with E-state index in [1.807, 2.05) is 44.2 Å². The van der Waals surface area contributed by atoms with E-state index < -0.39 is 21.1 Å². The molecule has 2 atom stereocenters. The lowest BCUT2D eigenvalue weighted by molar-refractivity contribution is -0.0194. The molecule has 1 amide bonds. The van der Waals surface area contributed by atoms with Crippen LogP contribution in [0.25, 0.3) is 0 Å². The van der Waals surface area contributed by atoms with E-state index in [-0.39, 0.29) is 41.4 Å². The number of sulfonamides is 1. The van der Waals surface area contributed by atoms with Crippen LogP contribution in [0.5, 0.6) is 11.5 Å². The number of aromatic nitrogens is 2. The summed E-state index contributed by atoms with van der Waals surface area (Å²) in [6.07, 6.45) is 6.40. The number of amides is 1. The highest BCUT2D eigenvalue weighted by Crippen LogP contribution is 2.45. The minimum Gasteiger partial charge on any atom is -0.448 e. The lowest BCUT2D eigenvalue weighted by Gasteiger charge is -2.54. The van der Waals surface area contributed by atoms with Crippen molar-refractivity contribution in [3.63, 3.8) is 0 Å². The first-order valence-corrected chi connectivity index (χ1v) is 18.4. The lowest BCUT2D eigenvalue weighted by Crippen LogP contribution is -2.61. The molecule has 3 aliphatic rings. The lowest BCUT2D eigenvalue weighted by atomic mass is 9.72. The first-order valence-electron chi connectivity index (χ1n) is 16.8.